The summed E-state index contributed by atoms with van der Waals surface area (Å²) < 4.78 is 33.8. The fourth-order valence-corrected chi connectivity index (χ4v) is 11.8. The van der Waals surface area contributed by atoms with Crippen LogP contribution in [0.3, 0.4) is 0 Å². The Hall–Kier alpha value is -7.16. The highest BCUT2D eigenvalue weighted by atomic mass is 16.6. The third-order valence-electron chi connectivity index (χ3n) is 17.0. The van der Waals surface area contributed by atoms with E-state index < -0.39 is 108 Å². The van der Waals surface area contributed by atoms with Gasteiger partial charge in [0, 0.05) is 114 Å². The van der Waals surface area contributed by atoms with Crippen molar-refractivity contribution < 1.29 is 77.0 Å². The van der Waals surface area contributed by atoms with Gasteiger partial charge in [-0.2, -0.15) is 0 Å². The second kappa shape index (κ2) is 35.4. The molecular weight excluding hydrogens is 1160 g/mol. The van der Waals surface area contributed by atoms with Crippen molar-refractivity contribution in [1.29, 1.82) is 0 Å². The SMILES string of the molecule is COC1/C=C\C=C(/C)C(=O)NC2=CC(=O)C(NCCCN3CCN(CCCNC4=C5CC(C)CC(OC)C(O)C(C)/C=C(\C)C(OC(N)=O)C(OC)/C=C\C=C(/C)C(=O)NC(=CC4=O)C5=O)CC3)=C(CC(C)CC(OC)C(O)C(C)/C=C(\C)C1OC(N)=O)C2=O. The minimum absolute atomic E-state index is 0.131. The second-order valence-corrected chi connectivity index (χ2v) is 24.1. The number of ketones is 4. The number of nitrogens with zero attached hydrogens (tertiary/aromatic N) is 2. The van der Waals surface area contributed by atoms with E-state index in [-0.39, 0.29) is 69.8 Å². The number of hydrogen-bond acceptors (Lipinski definition) is 20. The van der Waals surface area contributed by atoms with Gasteiger partial charge in [0.05, 0.1) is 47.2 Å². The van der Waals surface area contributed by atoms with Gasteiger partial charge in [-0.1, -0.05) is 76.3 Å². The van der Waals surface area contributed by atoms with Gasteiger partial charge >= 0.3 is 12.2 Å². The third kappa shape index (κ3) is 20.9. The van der Waals surface area contributed by atoms with Crippen LogP contribution in [0.2, 0.25) is 0 Å². The maximum Gasteiger partial charge on any atom is 0.405 e. The Bertz CT molecular complexity index is 2750. The number of nitrogens with one attached hydrogen (secondary N) is 4. The standard InChI is InChI=1S/C66H96N8O16/c1-37-29-45-55(49(75)35-47(59(45)79)71-63(81)39(3)17-13-19-51(85-9)61(89-65(67)83)43(7)33-41(5)57(77)53(31-37)87-11)69-21-15-23-73-25-27-74(28-26-73)24-16-22-70-56-46-30-38(2)32-54(88-12)58(78)42(6)34-44(8)62(90-66(68)84)52(86-10)20-14-18-40(4)64(82)72-48(60(46)80)36-50(56)76/h13-14,17-20,33-38,41-42,51-54,57-58,61-62,69-70,77-78H,15-16,21-32H2,1-12H3,(H2,67,83)(H2,68,84)(H,71,81)(H,72,82)/b19-13-,20-14-,39-17+,40-18+,43-33+,44-34+. The summed E-state index contributed by atoms with van der Waals surface area (Å²) in [4.78, 5) is 112. The van der Waals surface area contributed by atoms with E-state index in [2.05, 4.69) is 31.1 Å². The van der Waals surface area contributed by atoms with Crippen LogP contribution < -0.4 is 32.7 Å². The molecule has 5 aliphatic rings. The third-order valence-corrected chi connectivity index (χ3v) is 17.0. The van der Waals surface area contributed by atoms with Gasteiger partial charge in [0.1, 0.15) is 12.2 Å². The molecule has 0 radical (unpaired) electrons. The average Bonchev–Trinajstić information content (AvgIpc) is 1.08. The van der Waals surface area contributed by atoms with Gasteiger partial charge in [0.25, 0.3) is 11.8 Å². The van der Waals surface area contributed by atoms with Crippen LogP contribution in [0, 0.1) is 23.7 Å². The first-order chi connectivity index (χ1) is 42.7. The van der Waals surface area contributed by atoms with E-state index in [1.54, 1.807) is 78.0 Å². The number of ether oxygens (including phenoxy) is 6. The summed E-state index contributed by atoms with van der Waals surface area (Å²) in [6.07, 6.45) is 8.05. The Morgan fingerprint density at radius 3 is 1.26 bits per heavy atom. The molecule has 4 amide bonds. The summed E-state index contributed by atoms with van der Waals surface area (Å²) in [5.41, 5.74) is 12.8. The van der Waals surface area contributed by atoms with Crippen LogP contribution in [0.15, 0.2) is 117 Å². The van der Waals surface area contributed by atoms with Gasteiger partial charge in [0.15, 0.2) is 12.2 Å². The van der Waals surface area contributed by atoms with Gasteiger partial charge in [0.2, 0.25) is 23.1 Å². The molecule has 0 saturated carbocycles. The molecule has 3 heterocycles. The van der Waals surface area contributed by atoms with Crippen LogP contribution >= 0.6 is 0 Å². The largest absolute Gasteiger partial charge is 0.439 e. The van der Waals surface area contributed by atoms with Gasteiger partial charge in [-0.25, -0.2) is 9.59 Å². The van der Waals surface area contributed by atoms with Crippen molar-refractivity contribution in [2.24, 2.45) is 35.1 Å². The molecule has 10 N–H and O–H groups in total. The molecule has 4 bridgehead atoms. The summed E-state index contributed by atoms with van der Waals surface area (Å²) in [6, 6.07) is 0. The van der Waals surface area contributed by atoms with Gasteiger partial charge in [-0.05, 0) is 102 Å². The molecule has 24 heteroatoms. The lowest BCUT2D eigenvalue weighted by Gasteiger charge is -2.35. The average molecular weight is 1260 g/mol. The van der Waals surface area contributed by atoms with Crippen molar-refractivity contribution in [3.63, 3.8) is 0 Å². The van der Waals surface area contributed by atoms with Crippen LogP contribution in [-0.4, -0.2) is 197 Å². The Kier molecular flexibility index (Phi) is 29.0. The molecule has 0 aromatic rings. The molecule has 0 aromatic heterocycles. The summed E-state index contributed by atoms with van der Waals surface area (Å²) >= 11 is 0. The number of fused-ring (bicyclic) bond motifs is 4. The number of rotatable bonds is 16. The van der Waals surface area contributed by atoms with Crippen molar-refractivity contribution in [3.05, 3.63) is 117 Å². The van der Waals surface area contributed by atoms with Crippen LogP contribution in [-0.2, 0) is 57.2 Å². The monoisotopic (exact) mass is 1260 g/mol. The van der Waals surface area contributed by atoms with E-state index >= 15 is 0 Å². The fourth-order valence-electron chi connectivity index (χ4n) is 11.8. The minimum Gasteiger partial charge on any atom is -0.439 e. The molecule has 5 rings (SSSR count). The lowest BCUT2D eigenvalue weighted by molar-refractivity contribution is -0.120. The first kappa shape index (κ1) is 73.6. The van der Waals surface area contributed by atoms with E-state index in [0.717, 1.165) is 38.3 Å². The van der Waals surface area contributed by atoms with Gasteiger partial charge in [-0.3, -0.25) is 28.8 Å². The number of piperazine rings is 1. The quantitative estimate of drug-likeness (QED) is 0.0612. The molecule has 90 heavy (non-hydrogen) atoms. The van der Waals surface area contributed by atoms with Crippen LogP contribution in [0.5, 0.6) is 0 Å². The van der Waals surface area contributed by atoms with Crippen LogP contribution in [0.1, 0.15) is 93.9 Å². The van der Waals surface area contributed by atoms with E-state index in [1.165, 1.54) is 40.6 Å². The lowest BCUT2D eigenvalue weighted by Crippen LogP contribution is -2.47. The molecule has 3 aliphatic heterocycles. The van der Waals surface area contributed by atoms with Gasteiger partial charge < -0.3 is 81.2 Å². The first-order valence-electron chi connectivity index (χ1n) is 30.8. The van der Waals surface area contributed by atoms with Crippen LogP contribution in [0.4, 0.5) is 9.59 Å². The number of hydrogen-bond donors (Lipinski definition) is 8. The molecule has 12 unspecified atom stereocenters. The summed E-state index contributed by atoms with van der Waals surface area (Å²) in [7, 11) is 5.82. The molecule has 12 atom stereocenters. The highest BCUT2D eigenvalue weighted by molar-refractivity contribution is 6.24. The highest BCUT2D eigenvalue weighted by Crippen LogP contribution is 2.32. The topological polar surface area (TPSA) is 339 Å². The number of primary amides is 2. The summed E-state index contributed by atoms with van der Waals surface area (Å²) in [6.45, 7) is 19.2. The predicted octanol–water partition coefficient (Wildman–Crippen LogP) is 4.11. The number of Topliss-reactive ketones (excluding diaryl/α,β-unsaturated/α-hetero) is 2. The van der Waals surface area contributed by atoms with E-state index in [0.29, 0.717) is 63.0 Å². The zero-order chi connectivity index (χ0) is 66.5. The highest BCUT2D eigenvalue weighted by Gasteiger charge is 2.37. The second-order valence-electron chi connectivity index (χ2n) is 24.1. The van der Waals surface area contributed by atoms with Crippen molar-refractivity contribution in [2.75, 3.05) is 80.8 Å². The number of nitrogens with two attached hydrogens (primary N) is 2. The fraction of sp³-hybridized carbons (Fsp3) is 0.576. The zero-order valence-electron chi connectivity index (χ0n) is 54.3. The van der Waals surface area contributed by atoms with Crippen molar-refractivity contribution >= 4 is 47.1 Å². The van der Waals surface area contributed by atoms with Crippen molar-refractivity contribution in [3.8, 4) is 0 Å². The summed E-state index contributed by atoms with van der Waals surface area (Å²) in [5.74, 6) is -4.75. The first-order valence-corrected chi connectivity index (χ1v) is 30.8. The number of methoxy groups -OCH3 is 4. The molecule has 1 saturated heterocycles. The number of amides is 4. The molecule has 0 spiro atoms. The normalized spacial score (nSPS) is 32.1. The van der Waals surface area contributed by atoms with E-state index in [1.807, 2.05) is 13.8 Å². The maximum atomic E-state index is 14.3. The number of aliphatic hydroxyl groups is 2. The Labute approximate surface area is 528 Å². The maximum absolute atomic E-state index is 14.3. The minimum atomic E-state index is -1.03. The smallest absolute Gasteiger partial charge is 0.405 e. The Balaban J connectivity index is 1.22. The number of allylic oxidation sites excluding steroid dienone is 8. The number of carbonyl (C=O) groups is 8. The van der Waals surface area contributed by atoms with Crippen LogP contribution in [0.25, 0.3) is 0 Å². The molecule has 2 aliphatic carbocycles. The molecular formula is C66H96N8O16. The van der Waals surface area contributed by atoms with E-state index in [9.17, 15) is 48.6 Å². The molecule has 24 nitrogen and oxygen atoms in total. The van der Waals surface area contributed by atoms with E-state index in [4.69, 9.17) is 39.9 Å². The van der Waals surface area contributed by atoms with Crippen molar-refractivity contribution in [1.82, 2.24) is 31.1 Å². The predicted molar refractivity (Wildman–Crippen MR) is 337 cm³/mol. The Morgan fingerprint density at radius 2 is 0.933 bits per heavy atom. The molecule has 0 aromatic carbocycles. The number of carbonyl (C=O) groups excluding carboxylic acids is 8. The Morgan fingerprint density at radius 1 is 0.578 bits per heavy atom. The lowest BCUT2D eigenvalue weighted by atomic mass is 9.85. The number of aliphatic hydroxyl groups excluding tert-OH is 2. The molecule has 1 fully saturated rings. The van der Waals surface area contributed by atoms with Gasteiger partial charge in [-0.15, -0.1) is 0 Å². The van der Waals surface area contributed by atoms with Crippen molar-refractivity contribution in [2.45, 2.75) is 143 Å². The zero-order valence-corrected chi connectivity index (χ0v) is 54.3. The summed E-state index contributed by atoms with van der Waals surface area (Å²) in [5, 5.41) is 35.0. The molecule has 496 valence electrons.